The third kappa shape index (κ3) is 2.10. The zero-order valence-electron chi connectivity index (χ0n) is 10.7. The second-order valence-corrected chi connectivity index (χ2v) is 7.13. The summed E-state index contributed by atoms with van der Waals surface area (Å²) in [6, 6.07) is 5.26. The lowest BCUT2D eigenvalue weighted by Gasteiger charge is -2.25. The highest BCUT2D eigenvalue weighted by Crippen LogP contribution is 2.32. The van der Waals surface area contributed by atoms with Crippen LogP contribution in [0.4, 0.5) is 11.4 Å². The van der Waals surface area contributed by atoms with Crippen LogP contribution in [0.15, 0.2) is 18.2 Å². The highest BCUT2D eigenvalue weighted by molar-refractivity contribution is 7.93. The molecule has 1 amide bonds. The standard InChI is InChI=1S/C13H16N2O3S/c1-15-12-6-5-10(7-9(12)8-13(15)16)14-19(17,18)11-3-2-4-11/h5-7,11,14H,2-4,8H2,1H3. The minimum atomic E-state index is -3.27. The van der Waals surface area contributed by atoms with Crippen molar-refractivity contribution in [1.29, 1.82) is 0 Å². The Hall–Kier alpha value is -1.56. The zero-order valence-corrected chi connectivity index (χ0v) is 11.5. The van der Waals surface area contributed by atoms with Crippen LogP contribution in [0.3, 0.4) is 0 Å². The van der Waals surface area contributed by atoms with Crippen LogP contribution in [-0.2, 0) is 21.2 Å². The summed E-state index contributed by atoms with van der Waals surface area (Å²) >= 11 is 0. The molecule has 2 aliphatic rings. The maximum absolute atomic E-state index is 12.0. The number of rotatable bonds is 3. The topological polar surface area (TPSA) is 66.5 Å². The second kappa shape index (κ2) is 4.23. The fourth-order valence-electron chi connectivity index (χ4n) is 2.46. The fourth-order valence-corrected chi connectivity index (χ4v) is 4.04. The summed E-state index contributed by atoms with van der Waals surface area (Å²) in [4.78, 5) is 13.2. The lowest BCUT2D eigenvalue weighted by atomic mass is 10.0. The molecule has 1 aliphatic heterocycles. The molecule has 0 bridgehead atoms. The van der Waals surface area contributed by atoms with E-state index in [-0.39, 0.29) is 11.2 Å². The molecule has 19 heavy (non-hydrogen) atoms. The highest BCUT2D eigenvalue weighted by atomic mass is 32.2. The summed E-state index contributed by atoms with van der Waals surface area (Å²) in [5.41, 5.74) is 2.28. The quantitative estimate of drug-likeness (QED) is 0.912. The van der Waals surface area contributed by atoms with Crippen LogP contribution in [0, 0.1) is 0 Å². The maximum Gasteiger partial charge on any atom is 0.235 e. The Labute approximate surface area is 112 Å². The molecule has 1 heterocycles. The molecule has 0 atom stereocenters. The van der Waals surface area contributed by atoms with Gasteiger partial charge in [0.25, 0.3) is 0 Å². The lowest BCUT2D eigenvalue weighted by molar-refractivity contribution is -0.117. The molecule has 1 N–H and O–H groups in total. The molecule has 0 saturated heterocycles. The van der Waals surface area contributed by atoms with E-state index in [1.165, 1.54) is 0 Å². The van der Waals surface area contributed by atoms with Gasteiger partial charge in [0.15, 0.2) is 0 Å². The van der Waals surface area contributed by atoms with E-state index in [0.29, 0.717) is 12.1 Å². The number of carbonyl (C=O) groups is 1. The van der Waals surface area contributed by atoms with E-state index in [2.05, 4.69) is 4.72 Å². The van der Waals surface area contributed by atoms with Crippen molar-refractivity contribution >= 4 is 27.3 Å². The Kier molecular flexibility index (Phi) is 2.78. The average Bonchev–Trinajstić information content (AvgIpc) is 2.50. The molecule has 6 heteroatoms. The fraction of sp³-hybridized carbons (Fsp3) is 0.462. The molecule has 0 aromatic heterocycles. The number of fused-ring (bicyclic) bond motifs is 1. The number of amides is 1. The highest BCUT2D eigenvalue weighted by Gasteiger charge is 2.31. The van der Waals surface area contributed by atoms with Gasteiger partial charge in [-0.2, -0.15) is 0 Å². The third-order valence-electron chi connectivity index (χ3n) is 3.91. The molecule has 102 valence electrons. The van der Waals surface area contributed by atoms with Gasteiger partial charge in [0.05, 0.1) is 11.7 Å². The van der Waals surface area contributed by atoms with Crippen molar-refractivity contribution in [1.82, 2.24) is 0 Å². The van der Waals surface area contributed by atoms with Crippen LogP contribution in [0.5, 0.6) is 0 Å². The number of anilines is 2. The minimum absolute atomic E-state index is 0.0361. The number of sulfonamides is 1. The molecule has 1 saturated carbocycles. The van der Waals surface area contributed by atoms with Gasteiger partial charge in [0, 0.05) is 18.4 Å². The maximum atomic E-state index is 12.0. The van der Waals surface area contributed by atoms with Crippen LogP contribution in [0.2, 0.25) is 0 Å². The number of benzene rings is 1. The number of hydrogen-bond acceptors (Lipinski definition) is 3. The summed E-state index contributed by atoms with van der Waals surface area (Å²) in [6.45, 7) is 0. The van der Waals surface area contributed by atoms with Crippen molar-refractivity contribution < 1.29 is 13.2 Å². The van der Waals surface area contributed by atoms with Gasteiger partial charge in [-0.25, -0.2) is 8.42 Å². The summed E-state index contributed by atoms with van der Waals surface area (Å²) in [5.74, 6) is 0.0361. The van der Waals surface area contributed by atoms with Crippen molar-refractivity contribution in [3.63, 3.8) is 0 Å². The van der Waals surface area contributed by atoms with Gasteiger partial charge >= 0.3 is 0 Å². The zero-order chi connectivity index (χ0) is 13.6. The molecule has 0 unspecified atom stereocenters. The molecule has 3 rings (SSSR count). The predicted octanol–water partition coefficient (Wildman–Crippen LogP) is 1.50. The molecule has 1 aromatic rings. The van der Waals surface area contributed by atoms with Gasteiger partial charge in [0.1, 0.15) is 0 Å². The first kappa shape index (κ1) is 12.5. The molecule has 0 spiro atoms. The number of carbonyl (C=O) groups excluding carboxylic acids is 1. The lowest BCUT2D eigenvalue weighted by Crippen LogP contribution is -2.33. The average molecular weight is 280 g/mol. The molecular formula is C13H16N2O3S. The molecule has 1 fully saturated rings. The smallest absolute Gasteiger partial charge is 0.235 e. The Bertz CT molecular complexity index is 635. The van der Waals surface area contributed by atoms with Gasteiger partial charge in [0.2, 0.25) is 15.9 Å². The van der Waals surface area contributed by atoms with E-state index in [1.54, 1.807) is 30.1 Å². The van der Waals surface area contributed by atoms with Gasteiger partial charge < -0.3 is 4.90 Å². The summed E-state index contributed by atoms with van der Waals surface area (Å²) in [5, 5.41) is -0.259. The largest absolute Gasteiger partial charge is 0.315 e. The Morgan fingerprint density at radius 1 is 1.32 bits per heavy atom. The van der Waals surface area contributed by atoms with Crippen LogP contribution in [0.25, 0.3) is 0 Å². The monoisotopic (exact) mass is 280 g/mol. The van der Waals surface area contributed by atoms with Crippen molar-refractivity contribution in [2.45, 2.75) is 30.9 Å². The molecule has 0 radical (unpaired) electrons. The van der Waals surface area contributed by atoms with E-state index in [4.69, 9.17) is 0 Å². The minimum Gasteiger partial charge on any atom is -0.315 e. The number of likely N-dealkylation sites (N-methyl/N-ethyl adjacent to an activating group) is 1. The summed E-state index contributed by atoms with van der Waals surface area (Å²) < 4.78 is 26.7. The van der Waals surface area contributed by atoms with Crippen molar-refractivity contribution in [3.8, 4) is 0 Å². The molecule has 5 nitrogen and oxygen atoms in total. The molecule has 1 aromatic carbocycles. The Morgan fingerprint density at radius 3 is 2.68 bits per heavy atom. The van der Waals surface area contributed by atoms with E-state index < -0.39 is 10.0 Å². The first-order valence-electron chi connectivity index (χ1n) is 6.38. The number of hydrogen-bond donors (Lipinski definition) is 1. The molecular weight excluding hydrogens is 264 g/mol. The van der Waals surface area contributed by atoms with Crippen LogP contribution >= 0.6 is 0 Å². The van der Waals surface area contributed by atoms with Crippen LogP contribution in [-0.4, -0.2) is 26.6 Å². The molecule has 1 aliphatic carbocycles. The first-order valence-corrected chi connectivity index (χ1v) is 7.93. The Morgan fingerprint density at radius 2 is 2.05 bits per heavy atom. The SMILES string of the molecule is CN1C(=O)Cc2cc(NS(=O)(=O)C3CCC3)ccc21. The summed E-state index contributed by atoms with van der Waals surface area (Å²) in [7, 11) is -1.54. The van der Waals surface area contributed by atoms with Crippen molar-refractivity contribution in [3.05, 3.63) is 23.8 Å². The van der Waals surface area contributed by atoms with E-state index >= 15 is 0 Å². The van der Waals surface area contributed by atoms with Gasteiger partial charge in [-0.1, -0.05) is 6.42 Å². The van der Waals surface area contributed by atoms with Crippen LogP contribution in [0.1, 0.15) is 24.8 Å². The third-order valence-corrected chi connectivity index (χ3v) is 5.78. The van der Waals surface area contributed by atoms with Gasteiger partial charge in [-0.3, -0.25) is 9.52 Å². The summed E-state index contributed by atoms with van der Waals surface area (Å²) in [6.07, 6.45) is 2.79. The van der Waals surface area contributed by atoms with E-state index in [9.17, 15) is 13.2 Å². The number of nitrogens with one attached hydrogen (secondary N) is 1. The number of nitrogens with zero attached hydrogens (tertiary/aromatic N) is 1. The Balaban J connectivity index is 1.84. The van der Waals surface area contributed by atoms with Crippen LogP contribution < -0.4 is 9.62 Å². The predicted molar refractivity (Wildman–Crippen MR) is 73.7 cm³/mol. The second-order valence-electron chi connectivity index (χ2n) is 5.17. The van der Waals surface area contributed by atoms with Crippen molar-refractivity contribution in [2.24, 2.45) is 0 Å². The van der Waals surface area contributed by atoms with E-state index in [1.807, 2.05) is 0 Å². The first-order chi connectivity index (χ1) is 8.97. The van der Waals surface area contributed by atoms with Gasteiger partial charge in [-0.15, -0.1) is 0 Å². The van der Waals surface area contributed by atoms with E-state index in [0.717, 1.165) is 30.5 Å². The normalized spacial score (nSPS) is 19.2. The van der Waals surface area contributed by atoms with Crippen molar-refractivity contribution in [2.75, 3.05) is 16.7 Å². The van der Waals surface area contributed by atoms with Gasteiger partial charge in [-0.05, 0) is 36.6 Å².